The van der Waals surface area contributed by atoms with E-state index >= 15 is 0 Å². The average Bonchev–Trinajstić information content (AvgIpc) is 3.05. The number of amides is 1. The lowest BCUT2D eigenvalue weighted by Crippen LogP contribution is -2.34. The van der Waals surface area contributed by atoms with E-state index < -0.39 is 10.0 Å². The summed E-state index contributed by atoms with van der Waals surface area (Å²) in [6.45, 7) is 0.710. The first-order chi connectivity index (χ1) is 15.0. The number of methoxy groups -OCH3 is 1. The first kappa shape index (κ1) is 22.8. The highest BCUT2D eigenvalue weighted by molar-refractivity contribution is 7.89. The molecule has 1 N–H and O–H groups in total. The van der Waals surface area contributed by atoms with Gasteiger partial charge in [0.15, 0.2) is 0 Å². The lowest BCUT2D eigenvalue weighted by atomic mass is 10.00. The van der Waals surface area contributed by atoms with E-state index in [-0.39, 0.29) is 29.8 Å². The molecule has 1 saturated heterocycles. The number of hydrogen-bond acceptors (Lipinski definition) is 5. The van der Waals surface area contributed by atoms with Crippen LogP contribution in [0.2, 0.25) is 0 Å². The van der Waals surface area contributed by atoms with Crippen LogP contribution in [0.4, 0.5) is 0 Å². The number of sulfonamides is 1. The lowest BCUT2D eigenvalue weighted by Gasteiger charge is -2.31. The SMILES string of the molecule is COc1ccc([C@@H]2CCCCCN2C(=O)c2ccc(S(=O)(=O)NCCC#N)cc2)cc1. The Labute approximate surface area is 183 Å². The van der Waals surface area contributed by atoms with Gasteiger partial charge in [0.1, 0.15) is 5.75 Å². The second-order valence-electron chi connectivity index (χ2n) is 7.47. The minimum Gasteiger partial charge on any atom is -0.497 e. The molecule has 0 saturated carbocycles. The Morgan fingerprint density at radius 1 is 1.13 bits per heavy atom. The number of ether oxygens (including phenoxy) is 1. The average molecular weight is 442 g/mol. The molecule has 1 atom stereocenters. The molecule has 2 aromatic carbocycles. The van der Waals surface area contributed by atoms with Crippen molar-refractivity contribution < 1.29 is 17.9 Å². The fourth-order valence-electron chi connectivity index (χ4n) is 3.79. The molecule has 2 aromatic rings. The highest BCUT2D eigenvalue weighted by Crippen LogP contribution is 2.32. The van der Waals surface area contributed by atoms with Crippen molar-refractivity contribution in [1.29, 1.82) is 5.26 Å². The summed E-state index contributed by atoms with van der Waals surface area (Å²) in [5.74, 6) is 0.666. The Morgan fingerprint density at radius 3 is 2.48 bits per heavy atom. The maximum Gasteiger partial charge on any atom is 0.254 e. The van der Waals surface area contributed by atoms with Crippen molar-refractivity contribution in [3.05, 3.63) is 59.7 Å². The van der Waals surface area contributed by atoms with Gasteiger partial charge in [0.25, 0.3) is 5.91 Å². The van der Waals surface area contributed by atoms with Gasteiger partial charge in [0, 0.05) is 25.1 Å². The van der Waals surface area contributed by atoms with Crippen LogP contribution < -0.4 is 9.46 Å². The van der Waals surface area contributed by atoms with Crippen LogP contribution in [-0.2, 0) is 10.0 Å². The summed E-state index contributed by atoms with van der Waals surface area (Å²) < 4.78 is 32.2. The van der Waals surface area contributed by atoms with Gasteiger partial charge in [-0.05, 0) is 54.8 Å². The number of carbonyl (C=O) groups excluding carboxylic acids is 1. The minimum absolute atomic E-state index is 0.0306. The third-order valence-corrected chi connectivity index (χ3v) is 6.93. The smallest absolute Gasteiger partial charge is 0.254 e. The number of nitrogens with one attached hydrogen (secondary N) is 1. The van der Waals surface area contributed by atoms with Gasteiger partial charge >= 0.3 is 0 Å². The molecule has 3 rings (SSSR count). The zero-order valence-electron chi connectivity index (χ0n) is 17.6. The standard InChI is InChI=1S/C23H27N3O4S/c1-30-20-11-7-18(8-12-20)22-6-3-2-4-17-26(22)23(27)19-9-13-21(14-10-19)31(28,29)25-16-5-15-24/h7-14,22,25H,2-6,16-17H2,1H3/t22-/m0/s1. The Balaban J connectivity index is 1.81. The first-order valence-corrected chi connectivity index (χ1v) is 11.9. The van der Waals surface area contributed by atoms with E-state index in [4.69, 9.17) is 10.00 Å². The molecule has 0 aliphatic carbocycles. The van der Waals surface area contributed by atoms with Crippen molar-refractivity contribution in [3.8, 4) is 11.8 Å². The monoisotopic (exact) mass is 441 g/mol. The normalized spacial score (nSPS) is 16.9. The van der Waals surface area contributed by atoms with Crippen LogP contribution in [0.25, 0.3) is 0 Å². The van der Waals surface area contributed by atoms with Crippen molar-refractivity contribution in [2.24, 2.45) is 0 Å². The van der Waals surface area contributed by atoms with Crippen LogP contribution in [0.5, 0.6) is 5.75 Å². The number of hydrogen-bond donors (Lipinski definition) is 1. The van der Waals surface area contributed by atoms with Gasteiger partial charge in [-0.15, -0.1) is 0 Å². The van der Waals surface area contributed by atoms with E-state index in [1.807, 2.05) is 35.2 Å². The summed E-state index contributed by atoms with van der Waals surface area (Å²) >= 11 is 0. The fraction of sp³-hybridized carbons (Fsp3) is 0.391. The molecular formula is C23H27N3O4S. The molecular weight excluding hydrogens is 414 g/mol. The van der Waals surface area contributed by atoms with Crippen molar-refractivity contribution in [2.45, 2.75) is 43.0 Å². The quantitative estimate of drug-likeness (QED) is 0.661. The third-order valence-electron chi connectivity index (χ3n) is 5.45. The van der Waals surface area contributed by atoms with Gasteiger partial charge in [-0.3, -0.25) is 4.79 Å². The Kier molecular flexibility index (Phi) is 7.66. The maximum absolute atomic E-state index is 13.3. The topological polar surface area (TPSA) is 99.5 Å². The number of carbonyl (C=O) groups is 1. The summed E-state index contributed by atoms with van der Waals surface area (Å²) in [5, 5.41) is 8.57. The van der Waals surface area contributed by atoms with Crippen LogP contribution >= 0.6 is 0 Å². The number of nitrogens with zero attached hydrogens (tertiary/aromatic N) is 2. The van der Waals surface area contributed by atoms with Crippen molar-refractivity contribution in [2.75, 3.05) is 20.2 Å². The molecule has 1 heterocycles. The van der Waals surface area contributed by atoms with Crippen molar-refractivity contribution in [1.82, 2.24) is 9.62 Å². The van der Waals surface area contributed by atoms with Gasteiger partial charge in [0.2, 0.25) is 10.0 Å². The summed E-state index contributed by atoms with van der Waals surface area (Å²) in [4.78, 5) is 15.3. The van der Waals surface area contributed by atoms with E-state index in [0.717, 1.165) is 37.0 Å². The zero-order chi connectivity index (χ0) is 22.3. The van der Waals surface area contributed by atoms with Crippen LogP contribution in [0.1, 0.15) is 54.1 Å². The molecule has 1 aliphatic heterocycles. The number of rotatable bonds is 7. The number of likely N-dealkylation sites (tertiary alicyclic amines) is 1. The van der Waals surface area contributed by atoms with Crippen LogP contribution in [-0.4, -0.2) is 39.4 Å². The fourth-order valence-corrected chi connectivity index (χ4v) is 4.82. The number of nitriles is 1. The molecule has 1 fully saturated rings. The molecule has 0 spiro atoms. The molecule has 31 heavy (non-hydrogen) atoms. The van der Waals surface area contributed by atoms with E-state index in [0.29, 0.717) is 12.1 Å². The molecule has 1 amide bonds. The minimum atomic E-state index is -3.70. The van der Waals surface area contributed by atoms with E-state index in [2.05, 4.69) is 4.72 Å². The summed E-state index contributed by atoms with van der Waals surface area (Å²) in [6.07, 6.45) is 4.03. The molecule has 0 aromatic heterocycles. The summed E-state index contributed by atoms with van der Waals surface area (Å²) in [5.41, 5.74) is 1.52. The van der Waals surface area contributed by atoms with Gasteiger partial charge in [-0.1, -0.05) is 25.0 Å². The molecule has 1 aliphatic rings. The van der Waals surface area contributed by atoms with Gasteiger partial charge < -0.3 is 9.64 Å². The molecule has 7 nitrogen and oxygen atoms in total. The molecule has 164 valence electrons. The van der Waals surface area contributed by atoms with Crippen LogP contribution in [0, 0.1) is 11.3 Å². The first-order valence-electron chi connectivity index (χ1n) is 10.4. The third kappa shape index (κ3) is 5.63. The maximum atomic E-state index is 13.3. The van der Waals surface area contributed by atoms with Crippen LogP contribution in [0.15, 0.2) is 53.4 Å². The van der Waals surface area contributed by atoms with Crippen molar-refractivity contribution in [3.63, 3.8) is 0 Å². The second kappa shape index (κ2) is 10.4. The Bertz CT molecular complexity index is 1030. The summed E-state index contributed by atoms with van der Waals surface area (Å²) in [7, 11) is -2.08. The predicted molar refractivity (Wildman–Crippen MR) is 117 cm³/mol. The zero-order valence-corrected chi connectivity index (χ0v) is 18.4. The second-order valence-corrected chi connectivity index (χ2v) is 9.23. The Morgan fingerprint density at radius 2 is 1.84 bits per heavy atom. The summed E-state index contributed by atoms with van der Waals surface area (Å²) in [6, 6.07) is 15.6. The largest absolute Gasteiger partial charge is 0.497 e. The van der Waals surface area contributed by atoms with E-state index in [1.54, 1.807) is 19.2 Å². The lowest BCUT2D eigenvalue weighted by molar-refractivity contribution is 0.0681. The van der Waals surface area contributed by atoms with Crippen molar-refractivity contribution >= 4 is 15.9 Å². The number of benzene rings is 2. The van der Waals surface area contributed by atoms with Gasteiger partial charge in [0.05, 0.1) is 24.1 Å². The molecule has 0 radical (unpaired) electrons. The molecule has 8 heteroatoms. The van der Waals surface area contributed by atoms with E-state index in [9.17, 15) is 13.2 Å². The highest BCUT2D eigenvalue weighted by Gasteiger charge is 2.28. The predicted octanol–water partition coefficient (Wildman–Crippen LogP) is 3.64. The van der Waals surface area contributed by atoms with Crippen LogP contribution in [0.3, 0.4) is 0 Å². The van der Waals surface area contributed by atoms with Gasteiger partial charge in [-0.25, -0.2) is 13.1 Å². The molecule has 0 unspecified atom stereocenters. The Hall–Kier alpha value is -2.89. The molecule has 0 bridgehead atoms. The highest BCUT2D eigenvalue weighted by atomic mass is 32.2. The van der Waals surface area contributed by atoms with E-state index in [1.165, 1.54) is 12.1 Å². The van der Waals surface area contributed by atoms with Gasteiger partial charge in [-0.2, -0.15) is 5.26 Å².